The van der Waals surface area contributed by atoms with Gasteiger partial charge in [-0.1, -0.05) is 0 Å². The smallest absolute Gasteiger partial charge is 0.311 e. The molecule has 1 aromatic carbocycles. The quantitative estimate of drug-likeness (QED) is 0.603. The molecule has 104 valence electrons. The van der Waals surface area contributed by atoms with Crippen LogP contribution in [0.4, 0.5) is 11.4 Å². The van der Waals surface area contributed by atoms with E-state index in [-0.39, 0.29) is 18.0 Å². The predicted molar refractivity (Wildman–Crippen MR) is 71.7 cm³/mol. The van der Waals surface area contributed by atoms with Gasteiger partial charge in [0.2, 0.25) is 0 Å². The Balaban J connectivity index is 2.30. The Morgan fingerprint density at radius 2 is 2.26 bits per heavy atom. The average Bonchev–Trinajstić information content (AvgIpc) is 3.20. The summed E-state index contributed by atoms with van der Waals surface area (Å²) >= 11 is 0. The summed E-state index contributed by atoms with van der Waals surface area (Å²) in [6.45, 7) is 2.78. The first kappa shape index (κ1) is 13.6. The molecule has 0 spiro atoms. The molecule has 1 N–H and O–H groups in total. The van der Waals surface area contributed by atoms with E-state index in [2.05, 4.69) is 4.90 Å². The van der Waals surface area contributed by atoms with E-state index in [1.165, 1.54) is 6.07 Å². The molecule has 6 heteroatoms. The molecule has 1 aromatic rings. The number of rotatable bonds is 7. The van der Waals surface area contributed by atoms with Gasteiger partial charge in [-0.15, -0.1) is 0 Å². The third kappa shape index (κ3) is 3.14. The van der Waals surface area contributed by atoms with Gasteiger partial charge in [-0.25, -0.2) is 0 Å². The topological polar surface area (TPSA) is 75.8 Å². The maximum absolute atomic E-state index is 10.9. The van der Waals surface area contributed by atoms with Gasteiger partial charge in [-0.3, -0.25) is 10.1 Å². The monoisotopic (exact) mass is 266 g/mol. The standard InChI is InChI=1S/C13H18N2O4/c1-2-19-13-9-11(5-6-12(13)15(17)18)14(7-8-16)10-3-4-10/h5-6,9-10,16H,2-4,7-8H2,1H3. The highest BCUT2D eigenvalue weighted by Crippen LogP contribution is 2.36. The molecule has 0 bridgehead atoms. The van der Waals surface area contributed by atoms with E-state index in [0.717, 1.165) is 18.5 Å². The van der Waals surface area contributed by atoms with Gasteiger partial charge in [0.25, 0.3) is 0 Å². The first-order chi connectivity index (χ1) is 9.17. The lowest BCUT2D eigenvalue weighted by molar-refractivity contribution is -0.385. The minimum atomic E-state index is -0.442. The van der Waals surface area contributed by atoms with Crippen molar-refractivity contribution in [1.82, 2.24) is 0 Å². The highest BCUT2D eigenvalue weighted by Gasteiger charge is 2.30. The minimum absolute atomic E-state index is 0.0228. The van der Waals surface area contributed by atoms with E-state index < -0.39 is 4.92 Å². The Morgan fingerprint density at radius 1 is 1.53 bits per heavy atom. The molecular weight excluding hydrogens is 248 g/mol. The van der Waals surface area contributed by atoms with Gasteiger partial charge >= 0.3 is 5.69 Å². The lowest BCUT2D eigenvalue weighted by atomic mass is 10.2. The van der Waals surface area contributed by atoms with Crippen molar-refractivity contribution < 1.29 is 14.8 Å². The third-order valence-corrected chi connectivity index (χ3v) is 3.10. The summed E-state index contributed by atoms with van der Waals surface area (Å²) in [4.78, 5) is 12.6. The first-order valence-electron chi connectivity index (χ1n) is 6.46. The largest absolute Gasteiger partial charge is 0.487 e. The zero-order valence-corrected chi connectivity index (χ0v) is 10.9. The van der Waals surface area contributed by atoms with Crippen LogP contribution in [-0.4, -0.2) is 35.8 Å². The highest BCUT2D eigenvalue weighted by atomic mass is 16.6. The summed E-state index contributed by atoms with van der Waals surface area (Å²) in [6.07, 6.45) is 2.20. The van der Waals surface area contributed by atoms with Crippen LogP contribution in [0.25, 0.3) is 0 Å². The summed E-state index contributed by atoms with van der Waals surface area (Å²) < 4.78 is 5.34. The SMILES string of the molecule is CCOc1cc(N(CCO)C2CC2)ccc1[N+](=O)[O-]. The Morgan fingerprint density at radius 3 is 2.79 bits per heavy atom. The van der Waals surface area contributed by atoms with Crippen molar-refractivity contribution >= 4 is 11.4 Å². The van der Waals surface area contributed by atoms with Crippen LogP contribution in [0.3, 0.4) is 0 Å². The second kappa shape index (κ2) is 5.88. The van der Waals surface area contributed by atoms with Crippen LogP contribution in [0.5, 0.6) is 5.75 Å². The van der Waals surface area contributed by atoms with Crippen molar-refractivity contribution in [2.45, 2.75) is 25.8 Å². The van der Waals surface area contributed by atoms with Gasteiger partial charge in [0, 0.05) is 30.4 Å². The van der Waals surface area contributed by atoms with Crippen molar-refractivity contribution in [2.24, 2.45) is 0 Å². The Bertz CT molecular complexity index is 460. The molecule has 0 heterocycles. The molecule has 6 nitrogen and oxygen atoms in total. The molecule has 0 unspecified atom stereocenters. The maximum Gasteiger partial charge on any atom is 0.311 e. The van der Waals surface area contributed by atoms with Crippen molar-refractivity contribution in [1.29, 1.82) is 0 Å². The zero-order valence-electron chi connectivity index (χ0n) is 10.9. The van der Waals surface area contributed by atoms with Crippen LogP contribution in [-0.2, 0) is 0 Å². The van der Waals surface area contributed by atoms with Gasteiger partial charge < -0.3 is 14.7 Å². The maximum atomic E-state index is 10.9. The molecule has 2 rings (SSSR count). The van der Waals surface area contributed by atoms with Crippen LogP contribution < -0.4 is 9.64 Å². The molecule has 0 saturated heterocycles. The number of aliphatic hydroxyl groups is 1. The number of hydrogen-bond acceptors (Lipinski definition) is 5. The summed E-state index contributed by atoms with van der Waals surface area (Å²) in [7, 11) is 0. The number of anilines is 1. The van der Waals surface area contributed by atoms with E-state index in [1.54, 1.807) is 19.1 Å². The van der Waals surface area contributed by atoms with Crippen LogP contribution in [0.2, 0.25) is 0 Å². The fourth-order valence-electron chi connectivity index (χ4n) is 2.12. The van der Waals surface area contributed by atoms with Gasteiger partial charge in [0.15, 0.2) is 5.75 Å². The highest BCUT2D eigenvalue weighted by molar-refractivity contribution is 5.60. The molecule has 0 radical (unpaired) electrons. The van der Waals surface area contributed by atoms with Gasteiger partial charge in [0.1, 0.15) is 0 Å². The fraction of sp³-hybridized carbons (Fsp3) is 0.538. The summed E-state index contributed by atoms with van der Waals surface area (Å²) in [5, 5.41) is 20.0. The summed E-state index contributed by atoms with van der Waals surface area (Å²) in [5.74, 6) is 0.286. The van der Waals surface area contributed by atoms with Crippen molar-refractivity contribution in [3.63, 3.8) is 0 Å². The molecule has 19 heavy (non-hydrogen) atoms. The third-order valence-electron chi connectivity index (χ3n) is 3.10. The second-order valence-electron chi connectivity index (χ2n) is 4.49. The van der Waals surface area contributed by atoms with Crippen LogP contribution in [0.1, 0.15) is 19.8 Å². The number of hydrogen-bond donors (Lipinski definition) is 1. The van der Waals surface area contributed by atoms with E-state index in [9.17, 15) is 10.1 Å². The summed E-state index contributed by atoms with van der Waals surface area (Å²) in [5.41, 5.74) is 0.843. The molecule has 0 aliphatic heterocycles. The molecular formula is C13H18N2O4. The zero-order chi connectivity index (χ0) is 13.8. The summed E-state index contributed by atoms with van der Waals surface area (Å²) in [6, 6.07) is 5.31. The molecule has 1 saturated carbocycles. The normalized spacial score (nSPS) is 14.2. The van der Waals surface area contributed by atoms with E-state index in [1.807, 2.05) is 0 Å². The van der Waals surface area contributed by atoms with Crippen molar-refractivity contribution in [2.75, 3.05) is 24.7 Å². The molecule has 1 aliphatic rings. The number of aliphatic hydroxyl groups excluding tert-OH is 1. The number of nitro groups is 1. The van der Waals surface area contributed by atoms with E-state index in [4.69, 9.17) is 9.84 Å². The molecule has 0 amide bonds. The molecule has 1 aliphatic carbocycles. The number of nitro benzene ring substituents is 1. The minimum Gasteiger partial charge on any atom is -0.487 e. The van der Waals surface area contributed by atoms with Gasteiger partial charge in [0.05, 0.1) is 18.1 Å². The number of benzene rings is 1. The second-order valence-corrected chi connectivity index (χ2v) is 4.49. The fourth-order valence-corrected chi connectivity index (χ4v) is 2.12. The molecule has 0 atom stereocenters. The van der Waals surface area contributed by atoms with E-state index in [0.29, 0.717) is 19.2 Å². The number of nitrogens with zero attached hydrogens (tertiary/aromatic N) is 2. The lowest BCUT2D eigenvalue weighted by Crippen LogP contribution is -2.28. The first-order valence-corrected chi connectivity index (χ1v) is 6.46. The van der Waals surface area contributed by atoms with Crippen molar-refractivity contribution in [3.8, 4) is 5.75 Å². The Hall–Kier alpha value is -1.82. The number of ether oxygens (including phenoxy) is 1. The van der Waals surface area contributed by atoms with Gasteiger partial charge in [-0.05, 0) is 25.8 Å². The predicted octanol–water partition coefficient (Wildman–Crippen LogP) is 1.95. The van der Waals surface area contributed by atoms with Crippen molar-refractivity contribution in [3.05, 3.63) is 28.3 Å². The molecule has 0 aromatic heterocycles. The lowest BCUT2D eigenvalue weighted by Gasteiger charge is -2.24. The van der Waals surface area contributed by atoms with Crippen LogP contribution in [0, 0.1) is 10.1 Å². The average molecular weight is 266 g/mol. The Labute approximate surface area is 111 Å². The van der Waals surface area contributed by atoms with Gasteiger partial charge in [-0.2, -0.15) is 0 Å². The van der Waals surface area contributed by atoms with Crippen LogP contribution in [0.15, 0.2) is 18.2 Å². The Kier molecular flexibility index (Phi) is 4.21. The van der Waals surface area contributed by atoms with Crippen LogP contribution >= 0.6 is 0 Å². The molecule has 1 fully saturated rings. The van der Waals surface area contributed by atoms with E-state index >= 15 is 0 Å².